The molecule has 0 saturated carbocycles. The summed E-state index contributed by atoms with van der Waals surface area (Å²) in [5, 5.41) is 5.36. The van der Waals surface area contributed by atoms with Crippen LogP contribution in [0.5, 0.6) is 0 Å². The van der Waals surface area contributed by atoms with E-state index >= 15 is 0 Å². The fraction of sp³-hybridized carbons (Fsp3) is 0.238. The number of rotatable bonds is 9. The summed E-state index contributed by atoms with van der Waals surface area (Å²) in [5.74, 6) is -0.703. The number of carbonyl (C=O) groups excluding carboxylic acids is 2. The first-order valence-corrected chi connectivity index (χ1v) is 10.7. The zero-order valence-corrected chi connectivity index (χ0v) is 17.2. The van der Waals surface area contributed by atoms with Gasteiger partial charge in [0.1, 0.15) is 6.04 Å². The van der Waals surface area contributed by atoms with Gasteiger partial charge in [0, 0.05) is 19.2 Å². The molecule has 0 fully saturated rings. The van der Waals surface area contributed by atoms with Crippen molar-refractivity contribution in [3.63, 3.8) is 0 Å². The Morgan fingerprint density at radius 1 is 1.03 bits per heavy atom. The highest BCUT2D eigenvalue weighted by Gasteiger charge is 2.14. The van der Waals surface area contributed by atoms with Gasteiger partial charge in [-0.3, -0.25) is 9.59 Å². The van der Waals surface area contributed by atoms with Crippen molar-refractivity contribution >= 4 is 27.9 Å². The first kappa shape index (κ1) is 22.3. The van der Waals surface area contributed by atoms with Gasteiger partial charge in [-0.1, -0.05) is 49.4 Å². The third-order valence-corrected chi connectivity index (χ3v) is 5.58. The Morgan fingerprint density at radius 3 is 2.31 bits per heavy atom. The van der Waals surface area contributed by atoms with Crippen LogP contribution >= 0.6 is 0 Å². The fourth-order valence-corrected chi connectivity index (χ4v) is 3.51. The van der Waals surface area contributed by atoms with Gasteiger partial charge in [-0.25, -0.2) is 13.1 Å². The van der Waals surface area contributed by atoms with Gasteiger partial charge in [-0.15, -0.1) is 0 Å². The van der Waals surface area contributed by atoms with Gasteiger partial charge >= 0.3 is 0 Å². The molecule has 7 nitrogen and oxygen atoms in total. The van der Waals surface area contributed by atoms with E-state index in [2.05, 4.69) is 15.4 Å². The quantitative estimate of drug-likeness (QED) is 0.544. The molecule has 2 aromatic rings. The summed E-state index contributed by atoms with van der Waals surface area (Å²) in [6.07, 6.45) is 2.85. The molecule has 0 aliphatic rings. The van der Waals surface area contributed by atoms with E-state index < -0.39 is 22.0 Å². The number of hydrogen-bond donors (Lipinski definition) is 3. The molecule has 154 valence electrons. The molecule has 0 radical (unpaired) electrons. The summed E-state index contributed by atoms with van der Waals surface area (Å²) in [6, 6.07) is 14.9. The molecule has 2 aromatic carbocycles. The van der Waals surface area contributed by atoms with E-state index in [1.54, 1.807) is 32.1 Å². The zero-order valence-electron chi connectivity index (χ0n) is 16.4. The van der Waals surface area contributed by atoms with Gasteiger partial charge in [0.25, 0.3) is 0 Å². The van der Waals surface area contributed by atoms with E-state index in [-0.39, 0.29) is 10.8 Å². The number of nitrogens with one attached hydrogen (secondary N) is 3. The van der Waals surface area contributed by atoms with Gasteiger partial charge in [-0.2, -0.15) is 0 Å². The van der Waals surface area contributed by atoms with Crippen LogP contribution in [-0.4, -0.2) is 32.8 Å². The summed E-state index contributed by atoms with van der Waals surface area (Å²) in [5.41, 5.74) is 1.63. The topological polar surface area (TPSA) is 104 Å². The molecule has 2 rings (SSSR count). The minimum atomic E-state index is -3.51. The summed E-state index contributed by atoms with van der Waals surface area (Å²) in [7, 11) is -3.51. The first-order chi connectivity index (χ1) is 13.8. The smallest absolute Gasteiger partial charge is 0.244 e. The molecule has 29 heavy (non-hydrogen) atoms. The Bertz CT molecular complexity index is 955. The van der Waals surface area contributed by atoms with Crippen LogP contribution in [0.1, 0.15) is 25.0 Å². The molecule has 1 unspecified atom stereocenters. The lowest BCUT2D eigenvalue weighted by molar-refractivity contribution is -0.126. The molecule has 0 saturated heterocycles. The summed E-state index contributed by atoms with van der Waals surface area (Å²) in [6.45, 7) is 4.00. The second-order valence-electron chi connectivity index (χ2n) is 6.34. The molecule has 0 spiro atoms. The normalized spacial score (nSPS) is 12.5. The van der Waals surface area contributed by atoms with Gasteiger partial charge in [0.15, 0.2) is 0 Å². The number of hydrogen-bond acceptors (Lipinski definition) is 4. The maximum Gasteiger partial charge on any atom is 0.244 e. The average Bonchev–Trinajstić information content (AvgIpc) is 2.71. The van der Waals surface area contributed by atoms with E-state index in [4.69, 9.17) is 0 Å². The van der Waals surface area contributed by atoms with Crippen molar-refractivity contribution in [2.24, 2.45) is 0 Å². The molecule has 3 N–H and O–H groups in total. The molecular weight excluding hydrogens is 390 g/mol. The first-order valence-electron chi connectivity index (χ1n) is 9.22. The SMILES string of the molecule is CCNS(=O)(=O)c1ccc(C=CC(=O)NC(C)C(=O)NCc2ccccc2)cc1. The number of carbonyl (C=O) groups is 2. The lowest BCUT2D eigenvalue weighted by Crippen LogP contribution is -2.44. The number of benzene rings is 2. The molecule has 8 heteroatoms. The highest BCUT2D eigenvalue weighted by molar-refractivity contribution is 7.89. The molecule has 0 aliphatic carbocycles. The van der Waals surface area contributed by atoms with Crippen molar-refractivity contribution in [1.82, 2.24) is 15.4 Å². The second kappa shape index (κ2) is 10.5. The van der Waals surface area contributed by atoms with Crippen LogP contribution in [0.15, 0.2) is 65.6 Å². The maximum atomic E-state index is 12.1. The van der Waals surface area contributed by atoms with Gasteiger partial charge in [0.05, 0.1) is 4.90 Å². The highest BCUT2D eigenvalue weighted by Crippen LogP contribution is 2.11. The molecule has 1 atom stereocenters. The van der Waals surface area contributed by atoms with Gasteiger partial charge in [0.2, 0.25) is 21.8 Å². The lowest BCUT2D eigenvalue weighted by Gasteiger charge is -2.13. The third-order valence-electron chi connectivity index (χ3n) is 4.01. The number of sulfonamides is 1. The number of amides is 2. The Kier molecular flexibility index (Phi) is 8.11. The predicted molar refractivity (Wildman–Crippen MR) is 112 cm³/mol. The third kappa shape index (κ3) is 7.17. The van der Waals surface area contributed by atoms with Crippen LogP contribution in [0, 0.1) is 0 Å². The molecule has 2 amide bonds. The summed E-state index contributed by atoms with van der Waals surface area (Å²) in [4.78, 5) is 24.3. The molecule has 0 aromatic heterocycles. The second-order valence-corrected chi connectivity index (χ2v) is 8.10. The van der Waals surface area contributed by atoms with Crippen molar-refractivity contribution < 1.29 is 18.0 Å². The maximum absolute atomic E-state index is 12.1. The average molecular weight is 416 g/mol. The van der Waals surface area contributed by atoms with E-state index in [9.17, 15) is 18.0 Å². The lowest BCUT2D eigenvalue weighted by atomic mass is 10.2. The van der Waals surface area contributed by atoms with Crippen LogP contribution in [-0.2, 0) is 26.2 Å². The molecule has 0 bridgehead atoms. The van der Waals surface area contributed by atoms with Gasteiger partial charge in [-0.05, 0) is 36.3 Å². The fourth-order valence-electron chi connectivity index (χ4n) is 2.47. The van der Waals surface area contributed by atoms with Crippen LogP contribution in [0.25, 0.3) is 6.08 Å². The van der Waals surface area contributed by atoms with E-state index in [1.165, 1.54) is 18.2 Å². The molecule has 0 heterocycles. The minimum Gasteiger partial charge on any atom is -0.350 e. The Hall–Kier alpha value is -2.97. The van der Waals surface area contributed by atoms with Crippen LogP contribution in [0.2, 0.25) is 0 Å². The minimum absolute atomic E-state index is 0.157. The van der Waals surface area contributed by atoms with Crippen molar-refractivity contribution in [2.75, 3.05) is 6.54 Å². The predicted octanol–water partition coefficient (Wildman–Crippen LogP) is 1.82. The monoisotopic (exact) mass is 415 g/mol. The summed E-state index contributed by atoms with van der Waals surface area (Å²) >= 11 is 0. The van der Waals surface area contributed by atoms with E-state index in [0.29, 0.717) is 18.7 Å². The van der Waals surface area contributed by atoms with Crippen molar-refractivity contribution in [1.29, 1.82) is 0 Å². The van der Waals surface area contributed by atoms with Crippen LogP contribution in [0.4, 0.5) is 0 Å². The van der Waals surface area contributed by atoms with Crippen molar-refractivity contribution in [3.05, 3.63) is 71.8 Å². The highest BCUT2D eigenvalue weighted by atomic mass is 32.2. The molecule has 0 aliphatic heterocycles. The van der Waals surface area contributed by atoms with Gasteiger partial charge < -0.3 is 10.6 Å². The largest absolute Gasteiger partial charge is 0.350 e. The Balaban J connectivity index is 1.86. The Morgan fingerprint density at radius 2 is 1.69 bits per heavy atom. The standard InChI is InChI=1S/C21H25N3O4S/c1-3-23-29(27,28)19-12-9-17(10-13-19)11-14-20(25)24-16(2)21(26)22-15-18-7-5-4-6-8-18/h4-14,16,23H,3,15H2,1-2H3,(H,22,26)(H,24,25). The Labute approximate surface area is 171 Å². The zero-order chi connectivity index (χ0) is 21.3. The van der Waals surface area contributed by atoms with Crippen molar-refractivity contribution in [3.8, 4) is 0 Å². The van der Waals surface area contributed by atoms with Crippen LogP contribution < -0.4 is 15.4 Å². The van der Waals surface area contributed by atoms with Crippen LogP contribution in [0.3, 0.4) is 0 Å². The van der Waals surface area contributed by atoms with Crippen molar-refractivity contribution in [2.45, 2.75) is 31.3 Å². The summed E-state index contributed by atoms with van der Waals surface area (Å²) < 4.78 is 26.2. The van der Waals surface area contributed by atoms with E-state index in [1.807, 2.05) is 30.3 Å². The molecular formula is C21H25N3O4S. The van der Waals surface area contributed by atoms with E-state index in [0.717, 1.165) is 5.56 Å².